The molecule has 1 aromatic carbocycles. The topological polar surface area (TPSA) is 131 Å². The Bertz CT molecular complexity index is 1110. The normalized spacial score (nSPS) is 28.0. The van der Waals surface area contributed by atoms with Crippen molar-refractivity contribution in [2.75, 3.05) is 45.1 Å². The van der Waals surface area contributed by atoms with E-state index in [0.717, 1.165) is 50.3 Å². The van der Waals surface area contributed by atoms with E-state index in [1.165, 1.54) is 11.1 Å². The van der Waals surface area contributed by atoms with Gasteiger partial charge >= 0.3 is 0 Å². The predicted octanol–water partition coefficient (Wildman–Crippen LogP) is 0.354. The molecule has 184 valence electrons. The van der Waals surface area contributed by atoms with Crippen molar-refractivity contribution in [3.05, 3.63) is 23.3 Å². The van der Waals surface area contributed by atoms with Crippen molar-refractivity contribution in [3.63, 3.8) is 0 Å². The lowest BCUT2D eigenvalue weighted by Crippen LogP contribution is -2.57. The number of nitrogens with zero attached hydrogens (tertiary/aromatic N) is 2. The second-order valence-electron chi connectivity index (χ2n) is 9.38. The zero-order valence-corrected chi connectivity index (χ0v) is 20.2. The maximum atomic E-state index is 13.2. The number of piperidine rings is 2. The SMILES string of the molecule is NS(=O)(=O)NCCCS(=O)(=O)N1CCC[C@@H]2CN3CCc4cc5c(cc4[C@@H]3C[C@@H]21)OCCO5. The lowest BCUT2D eigenvalue weighted by molar-refractivity contribution is 0.0217. The fourth-order valence-electron chi connectivity index (χ4n) is 5.87. The van der Waals surface area contributed by atoms with E-state index >= 15 is 0 Å². The molecule has 2 saturated heterocycles. The molecule has 1 aromatic rings. The third kappa shape index (κ3) is 4.87. The Labute approximate surface area is 195 Å². The van der Waals surface area contributed by atoms with Gasteiger partial charge in [0.1, 0.15) is 13.2 Å². The Morgan fingerprint density at radius 2 is 1.85 bits per heavy atom. The van der Waals surface area contributed by atoms with Gasteiger partial charge in [-0.3, -0.25) is 4.90 Å². The van der Waals surface area contributed by atoms with Gasteiger partial charge in [0, 0.05) is 38.3 Å². The molecular weight excluding hydrogens is 468 g/mol. The number of hydrogen-bond donors (Lipinski definition) is 2. The predicted molar refractivity (Wildman–Crippen MR) is 123 cm³/mol. The minimum Gasteiger partial charge on any atom is -0.486 e. The van der Waals surface area contributed by atoms with Crippen LogP contribution in [0.15, 0.2) is 12.1 Å². The van der Waals surface area contributed by atoms with Gasteiger partial charge in [0.2, 0.25) is 10.0 Å². The lowest BCUT2D eigenvalue weighted by Gasteiger charge is -2.51. The average Bonchev–Trinajstić information content (AvgIpc) is 2.78. The number of hydrogen-bond acceptors (Lipinski definition) is 7. The average molecular weight is 501 g/mol. The summed E-state index contributed by atoms with van der Waals surface area (Å²) in [6.07, 6.45) is 3.78. The van der Waals surface area contributed by atoms with Crippen LogP contribution >= 0.6 is 0 Å². The van der Waals surface area contributed by atoms with Gasteiger partial charge in [-0.2, -0.15) is 12.7 Å². The quantitative estimate of drug-likeness (QED) is 0.539. The first kappa shape index (κ1) is 23.3. The number of ether oxygens (including phenoxy) is 2. The standard InChI is InChI=1S/C21H32N4O6S2/c22-33(28,29)23-5-2-10-32(26,27)25-6-1-3-16-14-24-7-4-15-11-20-21(31-9-8-30-20)12-17(15)19(24)13-18(16)25/h11-12,16,18-19,23H,1-10,13-14H2,(H2,22,28,29)/t16-,18+,19+/m1/s1. The van der Waals surface area contributed by atoms with Gasteiger partial charge in [0.25, 0.3) is 10.2 Å². The molecule has 0 radical (unpaired) electrons. The lowest BCUT2D eigenvalue weighted by atomic mass is 9.77. The molecular formula is C21H32N4O6S2. The highest BCUT2D eigenvalue weighted by Gasteiger charge is 2.46. The zero-order chi connectivity index (χ0) is 23.2. The first-order valence-corrected chi connectivity index (χ1v) is 14.8. The van der Waals surface area contributed by atoms with E-state index in [4.69, 9.17) is 14.6 Å². The molecule has 3 atom stereocenters. The summed E-state index contributed by atoms with van der Waals surface area (Å²) in [6, 6.07) is 4.31. The molecule has 0 amide bonds. The van der Waals surface area contributed by atoms with E-state index in [1.807, 2.05) is 0 Å². The second kappa shape index (κ2) is 8.97. The first-order valence-electron chi connectivity index (χ1n) is 11.6. The number of sulfonamides is 1. The minimum absolute atomic E-state index is 0.0109. The minimum atomic E-state index is -3.82. The van der Waals surface area contributed by atoms with E-state index in [-0.39, 0.29) is 30.8 Å². The van der Waals surface area contributed by atoms with Gasteiger partial charge in [-0.25, -0.2) is 18.3 Å². The molecule has 4 aliphatic heterocycles. The van der Waals surface area contributed by atoms with Crippen molar-refractivity contribution < 1.29 is 26.3 Å². The third-order valence-corrected chi connectivity index (χ3v) is 9.89. The van der Waals surface area contributed by atoms with Gasteiger partial charge in [-0.05, 0) is 61.3 Å². The van der Waals surface area contributed by atoms with Crippen molar-refractivity contribution in [1.29, 1.82) is 0 Å². The van der Waals surface area contributed by atoms with E-state index in [0.29, 0.717) is 25.7 Å². The Balaban J connectivity index is 1.34. The fraction of sp³-hybridized carbons (Fsp3) is 0.714. The summed E-state index contributed by atoms with van der Waals surface area (Å²) in [5.41, 5.74) is 2.49. The Kier molecular flexibility index (Phi) is 6.34. The summed E-state index contributed by atoms with van der Waals surface area (Å²) in [4.78, 5) is 2.51. The van der Waals surface area contributed by atoms with Gasteiger partial charge in [0.15, 0.2) is 11.5 Å². The van der Waals surface area contributed by atoms with Gasteiger partial charge in [0.05, 0.1) is 5.75 Å². The van der Waals surface area contributed by atoms with Crippen LogP contribution in [-0.2, 0) is 26.7 Å². The largest absolute Gasteiger partial charge is 0.486 e. The van der Waals surface area contributed by atoms with Crippen molar-refractivity contribution in [2.45, 2.75) is 44.2 Å². The smallest absolute Gasteiger partial charge is 0.274 e. The Hall–Kier alpha value is -1.44. The molecule has 10 nitrogen and oxygen atoms in total. The molecule has 33 heavy (non-hydrogen) atoms. The van der Waals surface area contributed by atoms with E-state index in [2.05, 4.69) is 21.8 Å². The van der Waals surface area contributed by atoms with Crippen LogP contribution in [0.2, 0.25) is 0 Å². The summed E-state index contributed by atoms with van der Waals surface area (Å²) >= 11 is 0. The maximum absolute atomic E-state index is 13.2. The maximum Gasteiger partial charge on any atom is 0.274 e. The van der Waals surface area contributed by atoms with E-state index in [9.17, 15) is 16.8 Å². The number of benzene rings is 1. The van der Waals surface area contributed by atoms with E-state index < -0.39 is 20.2 Å². The Morgan fingerprint density at radius 3 is 2.61 bits per heavy atom. The highest BCUT2D eigenvalue weighted by molar-refractivity contribution is 7.89. The number of nitrogens with two attached hydrogens (primary N) is 1. The zero-order valence-electron chi connectivity index (χ0n) is 18.6. The molecule has 12 heteroatoms. The van der Waals surface area contributed by atoms with Crippen LogP contribution in [0.3, 0.4) is 0 Å². The third-order valence-electron chi connectivity index (χ3n) is 7.31. The summed E-state index contributed by atoms with van der Waals surface area (Å²) in [7, 11) is -7.32. The summed E-state index contributed by atoms with van der Waals surface area (Å²) in [5, 5.41) is 4.94. The molecule has 0 bridgehead atoms. The van der Waals surface area contributed by atoms with Gasteiger partial charge in [-0.1, -0.05) is 0 Å². The molecule has 0 spiro atoms. The highest BCUT2D eigenvalue weighted by atomic mass is 32.2. The molecule has 3 N–H and O–H groups in total. The molecule has 0 unspecified atom stereocenters. The van der Waals surface area contributed by atoms with Crippen molar-refractivity contribution in [2.24, 2.45) is 11.1 Å². The van der Waals surface area contributed by atoms with E-state index in [1.54, 1.807) is 4.31 Å². The molecule has 5 rings (SSSR count). The van der Waals surface area contributed by atoms with Crippen molar-refractivity contribution >= 4 is 20.2 Å². The number of rotatable bonds is 6. The van der Waals surface area contributed by atoms with Crippen molar-refractivity contribution in [1.82, 2.24) is 13.9 Å². The molecule has 0 saturated carbocycles. The molecule has 0 aromatic heterocycles. The number of nitrogens with one attached hydrogen (secondary N) is 1. The summed E-state index contributed by atoms with van der Waals surface area (Å²) in [6.45, 7) is 3.49. The van der Waals surface area contributed by atoms with Crippen LogP contribution in [0.25, 0.3) is 0 Å². The highest BCUT2D eigenvalue weighted by Crippen LogP contribution is 2.46. The van der Waals surface area contributed by atoms with Crippen LogP contribution < -0.4 is 19.3 Å². The second-order valence-corrected chi connectivity index (χ2v) is 12.8. The molecule has 4 heterocycles. The first-order chi connectivity index (χ1) is 15.7. The number of fused-ring (bicyclic) bond motifs is 5. The summed E-state index contributed by atoms with van der Waals surface area (Å²) in [5.74, 6) is 1.80. The summed E-state index contributed by atoms with van der Waals surface area (Å²) < 4.78 is 64.0. The van der Waals surface area contributed by atoms with Gasteiger partial charge in [-0.15, -0.1) is 0 Å². The molecule has 2 fully saturated rings. The Morgan fingerprint density at radius 1 is 1.09 bits per heavy atom. The monoisotopic (exact) mass is 500 g/mol. The van der Waals surface area contributed by atoms with Gasteiger partial charge < -0.3 is 9.47 Å². The van der Waals surface area contributed by atoms with Crippen LogP contribution in [0.5, 0.6) is 11.5 Å². The van der Waals surface area contributed by atoms with Crippen LogP contribution in [-0.4, -0.2) is 77.2 Å². The van der Waals surface area contributed by atoms with Crippen molar-refractivity contribution in [3.8, 4) is 11.5 Å². The molecule has 4 aliphatic rings. The van der Waals surface area contributed by atoms with Crippen LogP contribution in [0, 0.1) is 5.92 Å². The molecule has 0 aliphatic carbocycles. The van der Waals surface area contributed by atoms with Crippen LogP contribution in [0.1, 0.15) is 42.9 Å². The van der Waals surface area contributed by atoms with Crippen LogP contribution in [0.4, 0.5) is 0 Å². The fourth-order valence-corrected chi connectivity index (χ4v) is 8.12.